The van der Waals surface area contributed by atoms with Gasteiger partial charge in [-0.2, -0.15) is 13.2 Å². The summed E-state index contributed by atoms with van der Waals surface area (Å²) in [4.78, 5) is 7.71. The number of aliphatic hydroxyl groups excluding tert-OH is 1. The molecule has 1 saturated heterocycles. The molecule has 0 amide bonds. The van der Waals surface area contributed by atoms with Gasteiger partial charge in [0.2, 0.25) is 0 Å². The number of alkyl halides is 3. The molecule has 0 aromatic carbocycles. The largest absolute Gasteiger partial charge is 0.434 e. The Bertz CT molecular complexity index is 571. The van der Waals surface area contributed by atoms with E-state index in [-0.39, 0.29) is 12.0 Å². The molecule has 1 atom stereocenters. The van der Waals surface area contributed by atoms with Crippen LogP contribution in [0, 0.1) is 5.41 Å². The molecule has 2 heterocycles. The maximum Gasteiger partial charge on any atom is 0.434 e. The fourth-order valence-corrected chi connectivity index (χ4v) is 3.45. The summed E-state index contributed by atoms with van der Waals surface area (Å²) >= 11 is 1.000. The van der Waals surface area contributed by atoms with Crippen molar-refractivity contribution < 1.29 is 23.0 Å². The fraction of sp³-hybridized carbons (Fsp3) is 0.733. The topological polar surface area (TPSA) is 78.8 Å². The standard InChI is InChI=1S/C15H23F3N4O2S/c1-19-13(21-9-14(3-6-23)4-7-24-10-14)20-5-2-12-22-11(8-25-12)15(16,17)18/h8,23H,2-7,9-10H2,1H3,(H2,19,20,21). The summed E-state index contributed by atoms with van der Waals surface area (Å²) in [6.07, 6.45) is -2.50. The van der Waals surface area contributed by atoms with Crippen LogP contribution in [0.4, 0.5) is 13.2 Å². The summed E-state index contributed by atoms with van der Waals surface area (Å²) in [5.74, 6) is 0.566. The van der Waals surface area contributed by atoms with E-state index in [2.05, 4.69) is 20.6 Å². The molecular weight excluding hydrogens is 357 g/mol. The first-order chi connectivity index (χ1) is 11.9. The Labute approximate surface area is 148 Å². The smallest absolute Gasteiger partial charge is 0.396 e. The normalized spacial score (nSPS) is 21.6. The van der Waals surface area contributed by atoms with Crippen molar-refractivity contribution in [2.24, 2.45) is 10.4 Å². The van der Waals surface area contributed by atoms with Gasteiger partial charge >= 0.3 is 6.18 Å². The minimum atomic E-state index is -4.40. The molecule has 2 rings (SSSR count). The summed E-state index contributed by atoms with van der Waals surface area (Å²) in [5.41, 5.74) is -0.953. The first-order valence-electron chi connectivity index (χ1n) is 8.03. The van der Waals surface area contributed by atoms with Gasteiger partial charge in [0.15, 0.2) is 11.7 Å². The van der Waals surface area contributed by atoms with E-state index in [9.17, 15) is 18.3 Å². The summed E-state index contributed by atoms with van der Waals surface area (Å²) in [5, 5.41) is 17.0. The monoisotopic (exact) mass is 380 g/mol. The summed E-state index contributed by atoms with van der Waals surface area (Å²) in [6.45, 7) is 2.41. The Kier molecular flexibility index (Phi) is 7.03. The SMILES string of the molecule is CN=C(NCCc1nc(C(F)(F)F)cs1)NCC1(CCO)CCOC1. The van der Waals surface area contributed by atoms with Crippen LogP contribution in [0.15, 0.2) is 10.4 Å². The molecule has 0 aliphatic carbocycles. The van der Waals surface area contributed by atoms with Gasteiger partial charge in [-0.15, -0.1) is 11.3 Å². The van der Waals surface area contributed by atoms with Crippen LogP contribution in [-0.2, 0) is 17.3 Å². The average Bonchev–Trinajstić information content (AvgIpc) is 3.20. The lowest BCUT2D eigenvalue weighted by atomic mass is 9.84. The van der Waals surface area contributed by atoms with Crippen molar-refractivity contribution in [1.82, 2.24) is 15.6 Å². The third-order valence-corrected chi connectivity index (χ3v) is 5.06. The lowest BCUT2D eigenvalue weighted by Crippen LogP contribution is -2.45. The zero-order valence-electron chi connectivity index (χ0n) is 14.0. The molecule has 1 fully saturated rings. The highest BCUT2D eigenvalue weighted by Gasteiger charge is 2.35. The first-order valence-corrected chi connectivity index (χ1v) is 8.91. The maximum atomic E-state index is 12.5. The van der Waals surface area contributed by atoms with Gasteiger partial charge in [-0.25, -0.2) is 4.98 Å². The van der Waals surface area contributed by atoms with E-state index in [1.807, 2.05) is 0 Å². The second-order valence-corrected chi connectivity index (χ2v) is 6.95. The molecule has 3 N–H and O–H groups in total. The highest BCUT2D eigenvalue weighted by atomic mass is 32.1. The number of guanidine groups is 1. The molecule has 6 nitrogen and oxygen atoms in total. The number of thiazole rings is 1. The van der Waals surface area contributed by atoms with Crippen LogP contribution in [0.5, 0.6) is 0 Å². The van der Waals surface area contributed by atoms with Gasteiger partial charge in [0.05, 0.1) is 11.6 Å². The number of hydrogen-bond donors (Lipinski definition) is 3. The van der Waals surface area contributed by atoms with Crippen molar-refractivity contribution in [3.63, 3.8) is 0 Å². The molecular formula is C15H23F3N4O2S. The van der Waals surface area contributed by atoms with E-state index in [0.29, 0.717) is 50.1 Å². The molecule has 142 valence electrons. The van der Waals surface area contributed by atoms with Crippen LogP contribution < -0.4 is 10.6 Å². The molecule has 10 heteroatoms. The third kappa shape index (κ3) is 5.82. The third-order valence-electron chi connectivity index (χ3n) is 4.16. The van der Waals surface area contributed by atoms with Crippen molar-refractivity contribution in [2.75, 3.05) is 40.0 Å². The Morgan fingerprint density at radius 1 is 1.48 bits per heavy atom. The average molecular weight is 380 g/mol. The number of aliphatic imine (C=N–C) groups is 1. The van der Waals surface area contributed by atoms with Gasteiger partial charge in [0, 0.05) is 50.6 Å². The molecule has 1 aromatic heterocycles. The molecule has 1 aliphatic heterocycles. The minimum absolute atomic E-state index is 0.0999. The van der Waals surface area contributed by atoms with E-state index in [4.69, 9.17) is 4.74 Å². The second-order valence-electron chi connectivity index (χ2n) is 6.00. The van der Waals surface area contributed by atoms with E-state index >= 15 is 0 Å². The van der Waals surface area contributed by atoms with Crippen LogP contribution in [0.2, 0.25) is 0 Å². The molecule has 25 heavy (non-hydrogen) atoms. The van der Waals surface area contributed by atoms with Crippen LogP contribution in [0.25, 0.3) is 0 Å². The Morgan fingerprint density at radius 3 is 2.84 bits per heavy atom. The molecule has 1 aliphatic rings. The number of ether oxygens (including phenoxy) is 1. The fourth-order valence-electron chi connectivity index (χ4n) is 2.65. The van der Waals surface area contributed by atoms with E-state index in [1.54, 1.807) is 7.05 Å². The number of aromatic nitrogens is 1. The lowest BCUT2D eigenvalue weighted by molar-refractivity contribution is -0.140. The van der Waals surface area contributed by atoms with E-state index in [1.165, 1.54) is 0 Å². The highest BCUT2D eigenvalue weighted by Crippen LogP contribution is 2.31. The van der Waals surface area contributed by atoms with Crippen molar-refractivity contribution in [3.05, 3.63) is 16.1 Å². The predicted octanol–water partition coefficient (Wildman–Crippen LogP) is 1.66. The quantitative estimate of drug-likeness (QED) is 0.495. The second kappa shape index (κ2) is 8.81. The van der Waals surface area contributed by atoms with Crippen LogP contribution in [-0.4, -0.2) is 56.0 Å². The van der Waals surface area contributed by atoms with Gasteiger partial charge in [-0.3, -0.25) is 4.99 Å². The molecule has 0 saturated carbocycles. The maximum absolute atomic E-state index is 12.5. The van der Waals surface area contributed by atoms with Crippen molar-refractivity contribution >= 4 is 17.3 Å². The number of halogens is 3. The van der Waals surface area contributed by atoms with Gasteiger partial charge in [-0.1, -0.05) is 0 Å². The van der Waals surface area contributed by atoms with Gasteiger partial charge in [0.25, 0.3) is 0 Å². The van der Waals surface area contributed by atoms with Gasteiger partial charge < -0.3 is 20.5 Å². The van der Waals surface area contributed by atoms with Gasteiger partial charge in [-0.05, 0) is 12.8 Å². The van der Waals surface area contributed by atoms with Crippen molar-refractivity contribution in [2.45, 2.75) is 25.4 Å². The van der Waals surface area contributed by atoms with Crippen molar-refractivity contribution in [1.29, 1.82) is 0 Å². The number of hydrogen-bond acceptors (Lipinski definition) is 5. The van der Waals surface area contributed by atoms with E-state index in [0.717, 1.165) is 23.1 Å². The Hall–Kier alpha value is -1.39. The molecule has 1 unspecified atom stereocenters. The zero-order valence-corrected chi connectivity index (χ0v) is 14.8. The summed E-state index contributed by atoms with van der Waals surface area (Å²) < 4.78 is 43.0. The highest BCUT2D eigenvalue weighted by molar-refractivity contribution is 7.09. The predicted molar refractivity (Wildman–Crippen MR) is 89.8 cm³/mol. The Morgan fingerprint density at radius 2 is 2.28 bits per heavy atom. The Balaban J connectivity index is 1.77. The number of rotatable bonds is 7. The minimum Gasteiger partial charge on any atom is -0.396 e. The first kappa shape index (κ1) is 19.9. The van der Waals surface area contributed by atoms with E-state index < -0.39 is 11.9 Å². The molecule has 0 radical (unpaired) electrons. The molecule has 0 spiro atoms. The van der Waals surface area contributed by atoms with Crippen LogP contribution >= 0.6 is 11.3 Å². The summed E-state index contributed by atoms with van der Waals surface area (Å²) in [6, 6.07) is 0. The number of nitrogens with zero attached hydrogens (tertiary/aromatic N) is 2. The zero-order chi connectivity index (χ0) is 18.3. The summed E-state index contributed by atoms with van der Waals surface area (Å²) in [7, 11) is 1.63. The lowest BCUT2D eigenvalue weighted by Gasteiger charge is -2.27. The number of aliphatic hydroxyl groups is 1. The van der Waals surface area contributed by atoms with Crippen LogP contribution in [0.3, 0.4) is 0 Å². The van der Waals surface area contributed by atoms with Gasteiger partial charge in [0.1, 0.15) is 0 Å². The van der Waals surface area contributed by atoms with Crippen molar-refractivity contribution in [3.8, 4) is 0 Å². The van der Waals surface area contributed by atoms with Crippen LogP contribution in [0.1, 0.15) is 23.5 Å². The molecule has 0 bridgehead atoms. The molecule has 1 aromatic rings. The number of nitrogens with one attached hydrogen (secondary N) is 2.